The summed E-state index contributed by atoms with van der Waals surface area (Å²) in [6.07, 6.45) is 1.13. The van der Waals surface area contributed by atoms with Crippen molar-refractivity contribution in [1.29, 1.82) is 0 Å². The predicted molar refractivity (Wildman–Crippen MR) is 116 cm³/mol. The van der Waals surface area contributed by atoms with Gasteiger partial charge in [-0.2, -0.15) is 0 Å². The fourth-order valence-corrected chi connectivity index (χ4v) is 3.95. The maximum absolute atomic E-state index is 11.4. The molecule has 0 amide bonds. The zero-order chi connectivity index (χ0) is 20.5. The largest absolute Gasteiger partial charge is 0.494 e. The highest BCUT2D eigenvalue weighted by Crippen LogP contribution is 2.38. The van der Waals surface area contributed by atoms with Gasteiger partial charge >= 0.3 is 0 Å². The summed E-state index contributed by atoms with van der Waals surface area (Å²) < 4.78 is 33.3. The fourth-order valence-electron chi connectivity index (χ4n) is 3.39. The number of rotatable bonds is 7. The van der Waals surface area contributed by atoms with Gasteiger partial charge < -0.3 is 15.0 Å². The third-order valence-electron chi connectivity index (χ3n) is 4.40. The average molecular weight is 402 g/mol. The number of nitrogens with two attached hydrogens (primary N) is 1. The van der Waals surface area contributed by atoms with E-state index < -0.39 is 10.0 Å². The van der Waals surface area contributed by atoms with Crippen molar-refractivity contribution in [3.63, 3.8) is 0 Å². The molecule has 0 aliphatic carbocycles. The van der Waals surface area contributed by atoms with E-state index in [0.29, 0.717) is 23.9 Å². The number of nitrogen functional groups attached to an aromatic ring is 1. The second kappa shape index (κ2) is 7.75. The third kappa shape index (κ3) is 4.25. The first-order valence-electron chi connectivity index (χ1n) is 9.32. The van der Waals surface area contributed by atoms with Crippen LogP contribution in [0, 0.1) is 5.92 Å². The highest BCUT2D eigenvalue weighted by atomic mass is 32.2. The summed E-state index contributed by atoms with van der Waals surface area (Å²) in [5.41, 5.74) is 10.7. The van der Waals surface area contributed by atoms with Crippen molar-refractivity contribution < 1.29 is 13.2 Å². The second-order valence-electron chi connectivity index (χ2n) is 7.33. The molecular weight excluding hydrogens is 374 g/mol. The van der Waals surface area contributed by atoms with Crippen molar-refractivity contribution in [2.45, 2.75) is 27.3 Å². The van der Waals surface area contributed by atoms with Crippen molar-refractivity contribution in [2.75, 3.05) is 23.3 Å². The number of aromatic nitrogens is 1. The van der Waals surface area contributed by atoms with Crippen LogP contribution in [0.2, 0.25) is 0 Å². The van der Waals surface area contributed by atoms with Crippen molar-refractivity contribution in [3.05, 3.63) is 42.5 Å². The second-order valence-corrected chi connectivity index (χ2v) is 9.08. The van der Waals surface area contributed by atoms with E-state index in [1.54, 1.807) is 12.1 Å². The van der Waals surface area contributed by atoms with Crippen LogP contribution in [0.1, 0.15) is 20.8 Å². The summed E-state index contributed by atoms with van der Waals surface area (Å²) in [6.45, 7) is 7.70. The molecule has 0 radical (unpaired) electrons. The van der Waals surface area contributed by atoms with Crippen molar-refractivity contribution in [3.8, 4) is 17.0 Å². The molecular formula is C21H27N3O3S. The summed E-state index contributed by atoms with van der Waals surface area (Å²) in [5.74, 6) is 1.24. The lowest BCUT2D eigenvalue weighted by atomic mass is 10.1. The van der Waals surface area contributed by atoms with E-state index in [1.165, 1.54) is 0 Å². The van der Waals surface area contributed by atoms with Gasteiger partial charge in [-0.3, -0.25) is 4.72 Å². The van der Waals surface area contributed by atoms with E-state index in [9.17, 15) is 8.42 Å². The van der Waals surface area contributed by atoms with Crippen molar-refractivity contribution >= 4 is 32.3 Å². The summed E-state index contributed by atoms with van der Waals surface area (Å²) >= 11 is 0. The van der Waals surface area contributed by atoms with Crippen LogP contribution in [-0.4, -0.2) is 25.8 Å². The molecule has 3 aromatic rings. The first kappa shape index (κ1) is 20.1. The highest BCUT2D eigenvalue weighted by molar-refractivity contribution is 7.92. The maximum Gasteiger partial charge on any atom is 0.229 e. The quantitative estimate of drug-likeness (QED) is 0.617. The summed E-state index contributed by atoms with van der Waals surface area (Å²) in [4.78, 5) is 0. The number of ether oxygens (including phenoxy) is 1. The van der Waals surface area contributed by atoms with Crippen LogP contribution in [0.4, 0.5) is 11.4 Å². The lowest BCUT2D eigenvalue weighted by Crippen LogP contribution is -2.09. The Kier molecular flexibility index (Phi) is 5.56. The number of sulfonamides is 1. The van der Waals surface area contributed by atoms with Crippen LogP contribution < -0.4 is 15.2 Å². The molecule has 7 heteroatoms. The van der Waals surface area contributed by atoms with Crippen LogP contribution in [0.5, 0.6) is 5.75 Å². The maximum atomic E-state index is 11.4. The number of hydrogen-bond acceptors (Lipinski definition) is 4. The molecule has 0 bridgehead atoms. The Morgan fingerprint density at radius 2 is 1.82 bits per heavy atom. The smallest absolute Gasteiger partial charge is 0.229 e. The standard InChI is InChI=1S/C21H27N3O3S/c1-5-27-17-10-11-18-19(12-17)24(13-14(2)3)21(20(18)22)15-6-8-16(9-7-15)23-28(4,25)26/h6-12,14,23H,5,13,22H2,1-4H3. The Balaban J connectivity index is 2.14. The molecule has 2 aromatic carbocycles. The topological polar surface area (TPSA) is 86.3 Å². The predicted octanol–water partition coefficient (Wildman–Crippen LogP) is 4.32. The van der Waals surface area contributed by atoms with Gasteiger partial charge in [-0.05, 0) is 37.1 Å². The molecule has 0 spiro atoms. The van der Waals surface area contributed by atoms with E-state index in [2.05, 4.69) is 23.1 Å². The van der Waals surface area contributed by atoms with Gasteiger partial charge in [0.05, 0.1) is 29.8 Å². The van der Waals surface area contributed by atoms with E-state index in [0.717, 1.165) is 40.7 Å². The molecule has 3 N–H and O–H groups in total. The first-order valence-corrected chi connectivity index (χ1v) is 11.2. The number of benzene rings is 2. The molecule has 28 heavy (non-hydrogen) atoms. The summed E-state index contributed by atoms with van der Waals surface area (Å²) in [5, 5.41) is 0.984. The molecule has 0 aliphatic rings. The molecule has 150 valence electrons. The van der Waals surface area contributed by atoms with Crippen molar-refractivity contribution in [1.82, 2.24) is 4.57 Å². The molecule has 0 saturated heterocycles. The Morgan fingerprint density at radius 1 is 1.14 bits per heavy atom. The Bertz CT molecular complexity index is 1080. The van der Waals surface area contributed by atoms with Gasteiger partial charge in [0.1, 0.15) is 5.75 Å². The summed E-state index contributed by atoms with van der Waals surface area (Å²) in [6, 6.07) is 13.2. The van der Waals surface area contributed by atoms with Crippen LogP contribution in [-0.2, 0) is 16.6 Å². The normalized spacial score (nSPS) is 11.9. The third-order valence-corrected chi connectivity index (χ3v) is 5.00. The van der Waals surface area contributed by atoms with E-state index in [4.69, 9.17) is 10.5 Å². The van der Waals surface area contributed by atoms with Crippen LogP contribution in [0.15, 0.2) is 42.5 Å². The SMILES string of the molecule is CCOc1ccc2c(N)c(-c3ccc(NS(C)(=O)=O)cc3)n(CC(C)C)c2c1. The lowest BCUT2D eigenvalue weighted by Gasteiger charge is -2.15. The van der Waals surface area contributed by atoms with E-state index in [1.807, 2.05) is 37.3 Å². The Hall–Kier alpha value is -2.67. The van der Waals surface area contributed by atoms with Crippen LogP contribution >= 0.6 is 0 Å². The molecule has 0 fully saturated rings. The molecule has 6 nitrogen and oxygen atoms in total. The highest BCUT2D eigenvalue weighted by Gasteiger charge is 2.18. The van der Waals surface area contributed by atoms with Gasteiger partial charge in [-0.15, -0.1) is 0 Å². The monoisotopic (exact) mass is 401 g/mol. The molecule has 1 heterocycles. The molecule has 0 unspecified atom stereocenters. The first-order chi connectivity index (χ1) is 13.2. The number of nitrogens with zero attached hydrogens (tertiary/aromatic N) is 1. The number of anilines is 2. The van der Waals surface area contributed by atoms with Gasteiger partial charge in [0.25, 0.3) is 0 Å². The van der Waals surface area contributed by atoms with Crippen molar-refractivity contribution in [2.24, 2.45) is 5.92 Å². The van der Waals surface area contributed by atoms with Gasteiger partial charge in [-0.25, -0.2) is 8.42 Å². The number of hydrogen-bond donors (Lipinski definition) is 2. The Morgan fingerprint density at radius 3 is 2.39 bits per heavy atom. The molecule has 3 rings (SSSR count). The molecule has 1 aromatic heterocycles. The van der Waals surface area contributed by atoms with E-state index >= 15 is 0 Å². The summed E-state index contributed by atoms with van der Waals surface area (Å²) in [7, 11) is -3.31. The molecule has 0 atom stereocenters. The van der Waals surface area contributed by atoms with E-state index in [-0.39, 0.29) is 0 Å². The lowest BCUT2D eigenvalue weighted by molar-refractivity contribution is 0.340. The Labute approximate surface area is 166 Å². The van der Waals surface area contributed by atoms with Crippen LogP contribution in [0.3, 0.4) is 0 Å². The zero-order valence-electron chi connectivity index (χ0n) is 16.7. The molecule has 0 aliphatic heterocycles. The van der Waals surface area contributed by atoms with Gasteiger partial charge in [-0.1, -0.05) is 26.0 Å². The van der Waals surface area contributed by atoms with Gasteiger partial charge in [0.15, 0.2) is 0 Å². The number of nitrogens with one attached hydrogen (secondary N) is 1. The fraction of sp³-hybridized carbons (Fsp3) is 0.333. The van der Waals surface area contributed by atoms with Gasteiger partial charge in [0.2, 0.25) is 10.0 Å². The minimum absolute atomic E-state index is 0.427. The average Bonchev–Trinajstić information content (AvgIpc) is 2.86. The van der Waals surface area contributed by atoms with Crippen LogP contribution in [0.25, 0.3) is 22.2 Å². The minimum atomic E-state index is -3.31. The van der Waals surface area contributed by atoms with Gasteiger partial charge in [0, 0.05) is 29.2 Å². The minimum Gasteiger partial charge on any atom is -0.494 e. The zero-order valence-corrected chi connectivity index (χ0v) is 17.5. The number of fused-ring (bicyclic) bond motifs is 1. The molecule has 0 saturated carbocycles.